The smallest absolute Gasteiger partial charge is 0.351 e. The Morgan fingerprint density at radius 3 is 2.68 bits per heavy atom. The molecule has 1 fully saturated rings. The number of sulfonamides is 1. The summed E-state index contributed by atoms with van der Waals surface area (Å²) in [5, 5.41) is 0. The van der Waals surface area contributed by atoms with Crippen molar-refractivity contribution in [3.63, 3.8) is 0 Å². The van der Waals surface area contributed by atoms with E-state index in [1.54, 1.807) is 36.4 Å². The summed E-state index contributed by atoms with van der Waals surface area (Å²) in [6.45, 7) is 3.91. The molecule has 2 aliphatic rings. The van der Waals surface area contributed by atoms with Gasteiger partial charge in [0, 0.05) is 19.6 Å². The Hall–Kier alpha value is -3.15. The standard InChI is InChI=1S/C23H25N3O7S/c1-2-26-18-8-7-16(34(28,29)25-9-11-30-12-10-25)13-17(18)24-22(26)15-32-23(27)21-14-31-19-5-3-4-6-20(19)33-21/h3-8,13,21H,2,9-12,14-15H2,1H3. The summed E-state index contributed by atoms with van der Waals surface area (Å²) in [6, 6.07) is 12.0. The molecule has 0 radical (unpaired) electrons. The van der Waals surface area contributed by atoms with E-state index in [1.165, 1.54) is 4.31 Å². The topological polar surface area (TPSA) is 109 Å². The number of nitrogens with zero attached hydrogens (tertiary/aromatic N) is 3. The van der Waals surface area contributed by atoms with Gasteiger partial charge in [0.15, 0.2) is 11.5 Å². The van der Waals surface area contributed by atoms with Gasteiger partial charge >= 0.3 is 5.97 Å². The van der Waals surface area contributed by atoms with Gasteiger partial charge in [-0.05, 0) is 37.3 Å². The van der Waals surface area contributed by atoms with E-state index in [-0.39, 0.29) is 18.1 Å². The molecule has 10 nitrogen and oxygen atoms in total. The summed E-state index contributed by atoms with van der Waals surface area (Å²) in [4.78, 5) is 17.3. The molecule has 0 saturated carbocycles. The van der Waals surface area contributed by atoms with Gasteiger partial charge in [-0.25, -0.2) is 18.2 Å². The predicted molar refractivity (Wildman–Crippen MR) is 121 cm³/mol. The number of aromatic nitrogens is 2. The van der Waals surface area contributed by atoms with Gasteiger partial charge in [-0.3, -0.25) is 0 Å². The van der Waals surface area contributed by atoms with Gasteiger partial charge in [-0.2, -0.15) is 4.31 Å². The maximum atomic E-state index is 13.0. The number of ether oxygens (including phenoxy) is 4. The van der Waals surface area contributed by atoms with Crippen LogP contribution in [0, 0.1) is 0 Å². The lowest BCUT2D eigenvalue weighted by Gasteiger charge is -2.26. The van der Waals surface area contributed by atoms with Gasteiger partial charge in [-0.1, -0.05) is 12.1 Å². The minimum atomic E-state index is -3.64. The molecule has 2 aliphatic heterocycles. The number of aryl methyl sites for hydroxylation is 1. The second-order valence-corrected chi connectivity index (χ2v) is 9.85. The summed E-state index contributed by atoms with van der Waals surface area (Å²) in [7, 11) is -3.64. The summed E-state index contributed by atoms with van der Waals surface area (Å²) in [5.74, 6) is 1.04. The number of carbonyl (C=O) groups is 1. The van der Waals surface area contributed by atoms with Crippen LogP contribution in [0.3, 0.4) is 0 Å². The fraction of sp³-hybridized carbons (Fsp3) is 0.391. The number of carbonyl (C=O) groups excluding carboxylic acids is 1. The lowest BCUT2D eigenvalue weighted by molar-refractivity contribution is -0.156. The van der Waals surface area contributed by atoms with E-state index in [0.29, 0.717) is 55.7 Å². The van der Waals surface area contributed by atoms with Crippen LogP contribution in [0.25, 0.3) is 11.0 Å². The van der Waals surface area contributed by atoms with Gasteiger partial charge in [0.05, 0.1) is 29.1 Å². The van der Waals surface area contributed by atoms with Gasteiger partial charge in [-0.15, -0.1) is 0 Å². The van der Waals surface area contributed by atoms with Crippen LogP contribution in [-0.4, -0.2) is 67.3 Å². The number of hydrogen-bond acceptors (Lipinski definition) is 8. The van der Waals surface area contributed by atoms with Crippen molar-refractivity contribution in [2.24, 2.45) is 0 Å². The van der Waals surface area contributed by atoms with E-state index in [4.69, 9.17) is 18.9 Å². The summed E-state index contributed by atoms with van der Waals surface area (Å²) in [6.07, 6.45) is -0.875. The van der Waals surface area contributed by atoms with Crippen molar-refractivity contribution in [3.05, 3.63) is 48.3 Å². The first-order chi connectivity index (χ1) is 16.5. The maximum Gasteiger partial charge on any atom is 0.351 e. The van der Waals surface area contributed by atoms with Crippen molar-refractivity contribution in [2.75, 3.05) is 32.9 Å². The van der Waals surface area contributed by atoms with Crippen LogP contribution in [0.15, 0.2) is 47.4 Å². The average Bonchev–Trinajstić information content (AvgIpc) is 3.24. The van der Waals surface area contributed by atoms with Crippen molar-refractivity contribution in [3.8, 4) is 11.5 Å². The molecular formula is C23H25N3O7S. The van der Waals surface area contributed by atoms with Crippen LogP contribution in [0.5, 0.6) is 11.5 Å². The largest absolute Gasteiger partial charge is 0.485 e. The van der Waals surface area contributed by atoms with Crippen molar-refractivity contribution in [1.82, 2.24) is 13.9 Å². The summed E-state index contributed by atoms with van der Waals surface area (Å²) in [5.41, 5.74) is 1.29. The van der Waals surface area contributed by atoms with Gasteiger partial charge < -0.3 is 23.5 Å². The van der Waals surface area contributed by atoms with E-state index in [1.807, 2.05) is 17.6 Å². The third-order valence-corrected chi connectivity index (χ3v) is 7.73. The second kappa shape index (κ2) is 9.24. The van der Waals surface area contributed by atoms with Crippen molar-refractivity contribution >= 4 is 27.0 Å². The molecule has 1 saturated heterocycles. The molecule has 0 bridgehead atoms. The molecule has 3 aromatic rings. The molecule has 1 atom stereocenters. The van der Waals surface area contributed by atoms with Crippen LogP contribution < -0.4 is 9.47 Å². The molecule has 34 heavy (non-hydrogen) atoms. The highest BCUT2D eigenvalue weighted by molar-refractivity contribution is 7.89. The molecule has 0 aliphatic carbocycles. The molecule has 180 valence electrons. The maximum absolute atomic E-state index is 13.0. The molecule has 1 unspecified atom stereocenters. The highest BCUT2D eigenvalue weighted by Gasteiger charge is 2.30. The van der Waals surface area contributed by atoms with Crippen LogP contribution in [0.4, 0.5) is 0 Å². The van der Waals surface area contributed by atoms with Gasteiger partial charge in [0.25, 0.3) is 0 Å². The normalized spacial score (nSPS) is 18.7. The van der Waals surface area contributed by atoms with E-state index >= 15 is 0 Å². The zero-order valence-electron chi connectivity index (χ0n) is 18.7. The molecule has 0 amide bonds. The van der Waals surface area contributed by atoms with Crippen LogP contribution in [-0.2, 0) is 37.4 Å². The SMILES string of the molecule is CCn1c(COC(=O)C2COc3ccccc3O2)nc2cc(S(=O)(=O)N3CCOCC3)ccc21. The quantitative estimate of drug-likeness (QED) is 0.486. The van der Waals surface area contributed by atoms with Crippen molar-refractivity contribution in [1.29, 1.82) is 0 Å². The van der Waals surface area contributed by atoms with E-state index in [0.717, 1.165) is 5.52 Å². The highest BCUT2D eigenvalue weighted by Crippen LogP contribution is 2.31. The number of esters is 1. The van der Waals surface area contributed by atoms with E-state index < -0.39 is 22.1 Å². The molecule has 5 rings (SSSR count). The number of imidazole rings is 1. The van der Waals surface area contributed by atoms with Crippen LogP contribution >= 0.6 is 0 Å². The molecule has 0 N–H and O–H groups in total. The number of fused-ring (bicyclic) bond motifs is 2. The number of hydrogen-bond donors (Lipinski definition) is 0. The highest BCUT2D eigenvalue weighted by atomic mass is 32.2. The third-order valence-electron chi connectivity index (χ3n) is 5.84. The predicted octanol–water partition coefficient (Wildman–Crippen LogP) is 1.96. The first kappa shape index (κ1) is 22.6. The molecular weight excluding hydrogens is 462 g/mol. The fourth-order valence-electron chi connectivity index (χ4n) is 4.08. The Kier molecular flexibility index (Phi) is 6.15. The van der Waals surface area contributed by atoms with Crippen molar-refractivity contribution < 1.29 is 32.2 Å². The zero-order chi connectivity index (χ0) is 23.7. The molecule has 1 aromatic heterocycles. The first-order valence-electron chi connectivity index (χ1n) is 11.1. The Balaban J connectivity index is 1.33. The lowest BCUT2D eigenvalue weighted by Crippen LogP contribution is -2.40. The molecule has 0 spiro atoms. The first-order valence-corrected chi connectivity index (χ1v) is 12.5. The van der Waals surface area contributed by atoms with Crippen molar-refractivity contribution in [2.45, 2.75) is 31.1 Å². The Morgan fingerprint density at radius 2 is 1.91 bits per heavy atom. The summed E-state index contributed by atoms with van der Waals surface area (Å²) < 4.78 is 51.4. The number of para-hydroxylation sites is 2. The number of morpholine rings is 1. The van der Waals surface area contributed by atoms with Gasteiger partial charge in [0.1, 0.15) is 19.0 Å². The molecule has 11 heteroatoms. The second-order valence-electron chi connectivity index (χ2n) is 7.91. The third kappa shape index (κ3) is 4.22. The molecule has 3 heterocycles. The van der Waals surface area contributed by atoms with Crippen LogP contribution in [0.2, 0.25) is 0 Å². The average molecular weight is 488 g/mol. The monoisotopic (exact) mass is 487 g/mol. The minimum Gasteiger partial charge on any atom is -0.485 e. The number of rotatable bonds is 6. The van der Waals surface area contributed by atoms with E-state index in [9.17, 15) is 13.2 Å². The number of benzene rings is 2. The van der Waals surface area contributed by atoms with E-state index in [2.05, 4.69) is 4.98 Å². The Labute approximate surface area is 197 Å². The van der Waals surface area contributed by atoms with Gasteiger partial charge in [0.2, 0.25) is 16.1 Å². The minimum absolute atomic E-state index is 0.0583. The zero-order valence-corrected chi connectivity index (χ0v) is 19.5. The Morgan fingerprint density at radius 1 is 1.15 bits per heavy atom. The van der Waals surface area contributed by atoms with Crippen LogP contribution in [0.1, 0.15) is 12.7 Å². The summed E-state index contributed by atoms with van der Waals surface area (Å²) >= 11 is 0. The lowest BCUT2D eigenvalue weighted by atomic mass is 10.2. The molecule has 2 aromatic carbocycles. The fourth-order valence-corrected chi connectivity index (χ4v) is 5.51. The Bertz CT molecular complexity index is 1320.